The Morgan fingerprint density at radius 2 is 1.07 bits per heavy atom. The topological polar surface area (TPSA) is 279 Å². The number of oxazole rings is 1. The van der Waals surface area contributed by atoms with E-state index in [1.165, 1.54) is 36.1 Å². The van der Waals surface area contributed by atoms with Crippen LogP contribution in [0.15, 0.2) is 111 Å². The maximum atomic E-state index is 4.76. The van der Waals surface area contributed by atoms with E-state index in [-0.39, 0.29) is 0 Å². The first-order valence-corrected chi connectivity index (χ1v) is 29.0. The molecule has 0 fully saturated rings. The van der Waals surface area contributed by atoms with Gasteiger partial charge in [0.2, 0.25) is 0 Å². The lowest BCUT2D eigenvalue weighted by Gasteiger charge is -2.03. The van der Waals surface area contributed by atoms with Crippen molar-refractivity contribution in [3.05, 3.63) is 164 Å². The van der Waals surface area contributed by atoms with Crippen molar-refractivity contribution in [2.24, 2.45) is 28.2 Å². The van der Waals surface area contributed by atoms with E-state index in [4.69, 9.17) is 4.42 Å². The number of aromatic nitrogens is 22. The molecule has 10 aromatic rings. The first-order valence-electron chi connectivity index (χ1n) is 29.0. The van der Waals surface area contributed by atoms with E-state index in [2.05, 4.69) is 235 Å². The number of nitrogens with one attached hydrogen (secondary N) is 5. The van der Waals surface area contributed by atoms with Gasteiger partial charge in [-0.3, -0.25) is 14.9 Å². The van der Waals surface area contributed by atoms with Crippen molar-refractivity contribution in [2.45, 2.75) is 198 Å². The minimum absolute atomic E-state index is 0.436. The molecule has 0 aliphatic carbocycles. The van der Waals surface area contributed by atoms with Gasteiger partial charge in [-0.05, 0) is 35.8 Å². The average Bonchev–Trinajstić information content (AvgIpc) is 4.31. The molecule has 23 heteroatoms. The number of aromatic amines is 5. The lowest BCUT2D eigenvalue weighted by molar-refractivity contribution is 0.555. The second-order valence-corrected chi connectivity index (χ2v) is 22.7. The second kappa shape index (κ2) is 41.0. The van der Waals surface area contributed by atoms with Crippen LogP contribution in [0, 0.1) is 0 Å². The van der Waals surface area contributed by atoms with Gasteiger partial charge < -0.3 is 33.1 Å². The molecule has 464 valence electrons. The zero-order chi connectivity index (χ0) is 63.3. The summed E-state index contributed by atoms with van der Waals surface area (Å²) in [7, 11) is 7.86. The second-order valence-electron chi connectivity index (χ2n) is 22.7. The lowest BCUT2D eigenvalue weighted by atomic mass is 10.1. The zero-order valence-electron chi connectivity index (χ0n) is 55.1. The molecule has 0 bridgehead atoms. The van der Waals surface area contributed by atoms with E-state index < -0.39 is 0 Å². The molecule has 10 rings (SSSR count). The zero-order valence-corrected chi connectivity index (χ0v) is 55.1. The Morgan fingerprint density at radius 1 is 0.464 bits per heavy atom. The van der Waals surface area contributed by atoms with Gasteiger partial charge in [-0.1, -0.05) is 138 Å². The summed E-state index contributed by atoms with van der Waals surface area (Å²) in [5.74, 6) is 11.2. The number of hydrogen-bond donors (Lipinski definition) is 5. The van der Waals surface area contributed by atoms with Gasteiger partial charge >= 0.3 is 0 Å². The quantitative estimate of drug-likeness (QED) is 0.0852. The van der Waals surface area contributed by atoms with Crippen LogP contribution in [0.2, 0.25) is 0 Å². The number of hydrogen-bond acceptors (Lipinski definition) is 14. The lowest BCUT2D eigenvalue weighted by Crippen LogP contribution is -1.98. The molecule has 0 aromatic carbocycles. The Labute approximate surface area is 501 Å². The normalized spacial score (nSPS) is 10.5. The number of imidazole rings is 4. The predicted molar refractivity (Wildman–Crippen MR) is 337 cm³/mol. The SMILES string of the molecule is CC(C)c1ccc[nH]1.CC(C)c1cnc[nH]1.CC(C)c1cncn1C.CC(C)c1cocn1.CC(C)c1ncc[nH]1.CC(C)c1nccn1C.CC(C)c1ncn(C)n1.CC(C)c1ncn[nH]1.CC(C)c1ncn[nH]1.CC(C)c1nncn1C. The highest BCUT2D eigenvalue weighted by Gasteiger charge is 2.06. The van der Waals surface area contributed by atoms with Gasteiger partial charge in [-0.15, -0.1) is 10.2 Å². The van der Waals surface area contributed by atoms with Crippen molar-refractivity contribution in [3.63, 3.8) is 0 Å². The molecule has 0 saturated heterocycles. The van der Waals surface area contributed by atoms with Gasteiger partial charge in [0.15, 0.2) is 12.2 Å². The van der Waals surface area contributed by atoms with E-state index in [9.17, 15) is 0 Å². The third-order valence-corrected chi connectivity index (χ3v) is 11.7. The minimum Gasteiger partial charge on any atom is -0.451 e. The van der Waals surface area contributed by atoms with Gasteiger partial charge in [-0.25, -0.2) is 39.9 Å². The largest absolute Gasteiger partial charge is 0.451 e. The minimum atomic E-state index is 0.436. The first kappa shape index (κ1) is 73.9. The van der Waals surface area contributed by atoms with Gasteiger partial charge in [-0.2, -0.15) is 15.3 Å². The summed E-state index contributed by atoms with van der Waals surface area (Å²) in [4.78, 5) is 41.2. The van der Waals surface area contributed by atoms with Crippen LogP contribution in [0.1, 0.15) is 255 Å². The number of rotatable bonds is 10. The molecule has 0 radical (unpaired) electrons. The van der Waals surface area contributed by atoms with Crippen LogP contribution in [0.3, 0.4) is 0 Å². The molecule has 0 unspecified atom stereocenters. The average molecular weight is 1160 g/mol. The summed E-state index contributed by atoms with van der Waals surface area (Å²) < 4.78 is 12.5. The summed E-state index contributed by atoms with van der Waals surface area (Å²) >= 11 is 0. The van der Waals surface area contributed by atoms with Crippen molar-refractivity contribution in [1.29, 1.82) is 0 Å². The van der Waals surface area contributed by atoms with Crippen molar-refractivity contribution in [3.8, 4) is 0 Å². The van der Waals surface area contributed by atoms with E-state index in [1.807, 2.05) is 91.5 Å². The molecule has 10 aromatic heterocycles. The molecular weight excluding hydrogens is 1060 g/mol. The molecule has 84 heavy (non-hydrogen) atoms. The van der Waals surface area contributed by atoms with Crippen molar-refractivity contribution in [1.82, 2.24) is 109 Å². The van der Waals surface area contributed by atoms with Gasteiger partial charge in [0, 0.05) is 124 Å². The van der Waals surface area contributed by atoms with Gasteiger partial charge in [0.05, 0.1) is 18.3 Å². The summed E-state index contributed by atoms with van der Waals surface area (Å²) in [6.07, 6.45) is 26.3. The molecule has 0 amide bonds. The Bertz CT molecular complexity index is 2560. The van der Waals surface area contributed by atoms with Crippen LogP contribution in [-0.2, 0) is 28.2 Å². The smallest absolute Gasteiger partial charge is 0.180 e. The van der Waals surface area contributed by atoms with Crippen LogP contribution < -0.4 is 0 Å². The molecule has 0 atom stereocenters. The first-order chi connectivity index (χ1) is 39.7. The number of aryl methyl sites for hydroxylation is 4. The van der Waals surface area contributed by atoms with Gasteiger partial charge in [0.25, 0.3) is 0 Å². The van der Waals surface area contributed by atoms with Gasteiger partial charge in [0.1, 0.15) is 60.7 Å². The highest BCUT2D eigenvalue weighted by molar-refractivity contribution is 5.07. The Morgan fingerprint density at radius 3 is 1.29 bits per heavy atom. The van der Waals surface area contributed by atoms with Crippen LogP contribution in [0.4, 0.5) is 0 Å². The van der Waals surface area contributed by atoms with E-state index >= 15 is 0 Å². The molecule has 0 aliphatic heterocycles. The monoisotopic (exact) mass is 1160 g/mol. The molecule has 5 N–H and O–H groups in total. The van der Waals surface area contributed by atoms with Crippen LogP contribution in [0.5, 0.6) is 0 Å². The number of H-pyrrole nitrogens is 5. The Kier molecular flexibility index (Phi) is 36.1. The fraction of sp³-hybridized carbons (Fsp3) is 0.557. The summed E-state index contributed by atoms with van der Waals surface area (Å²) in [6, 6.07) is 4.12. The summed E-state index contributed by atoms with van der Waals surface area (Å²) in [6.45, 7) is 42.2. The van der Waals surface area contributed by atoms with Crippen molar-refractivity contribution in [2.75, 3.05) is 0 Å². The molecule has 0 spiro atoms. The summed E-state index contributed by atoms with van der Waals surface area (Å²) in [5.41, 5.74) is 4.81. The Balaban J connectivity index is 0.000000467. The Hall–Kier alpha value is -8.11. The number of nitrogens with zero attached hydrogens (tertiary/aromatic N) is 17. The van der Waals surface area contributed by atoms with Crippen molar-refractivity contribution < 1.29 is 4.42 Å². The molecule has 0 saturated carbocycles. The van der Waals surface area contributed by atoms with E-state index in [1.54, 1.807) is 36.1 Å². The highest BCUT2D eigenvalue weighted by Crippen LogP contribution is 2.14. The third kappa shape index (κ3) is 30.8. The highest BCUT2D eigenvalue weighted by atomic mass is 16.3. The van der Waals surface area contributed by atoms with Crippen LogP contribution >= 0.6 is 0 Å². The fourth-order valence-electron chi connectivity index (χ4n) is 6.66. The predicted octanol–water partition coefficient (Wildman–Crippen LogP) is 13.8. The maximum absolute atomic E-state index is 4.76. The van der Waals surface area contributed by atoms with E-state index in [0.29, 0.717) is 59.2 Å². The third-order valence-electron chi connectivity index (χ3n) is 11.7. The molecule has 10 heterocycles. The van der Waals surface area contributed by atoms with E-state index in [0.717, 1.165) is 40.6 Å². The maximum Gasteiger partial charge on any atom is 0.180 e. The fourth-order valence-corrected chi connectivity index (χ4v) is 6.66. The van der Waals surface area contributed by atoms with Crippen molar-refractivity contribution >= 4 is 0 Å². The standard InChI is InChI=1S/2C7H12N2.C7H11N.2C6H11N3.2C6H10N2.C6H9NO.2C5H9N3/c1-6(2)7-4-8-5-9(7)3;1-6(2)7-8-4-5-9(7)3;1-6(2)7-4-3-5-8-7;1-5(2)6-8-7-4-9(6)3;1-5(2)6-7-4-9(3)8-6;1-5(2)6-3-7-4-8-6;1-5(2)6-7-3-4-8-6;1-5(2)6-3-8-4-7-6;2*1-4(2)5-6-3-7-8-5/h2*4-6H,1-3H3;3-6,8H,1-2H3;2*4-5H,1-3H3;2*3-5H,1-2H3,(H,7,8);3-5H,1-2H3;2*3-4H,1-2H3,(H,6,7,8). The molecular formula is C61H104N22O. The molecule has 0 aliphatic rings. The summed E-state index contributed by atoms with van der Waals surface area (Å²) in [5, 5.41) is 24.8. The van der Waals surface area contributed by atoms with Crippen LogP contribution in [-0.4, -0.2) is 109 Å². The molecule has 23 nitrogen and oxygen atoms in total. The van der Waals surface area contributed by atoms with Crippen LogP contribution in [0.25, 0.3) is 0 Å².